The lowest BCUT2D eigenvalue weighted by Gasteiger charge is -2.16. The molecule has 0 radical (unpaired) electrons. The first-order valence-corrected chi connectivity index (χ1v) is 5.45. The van der Waals surface area contributed by atoms with Crippen molar-refractivity contribution in [3.8, 4) is 11.5 Å². The monoisotopic (exact) mass is 274 g/mol. The molecular weight excluding hydrogens is 260 g/mol. The Balaban J connectivity index is 3.25. The van der Waals surface area contributed by atoms with E-state index >= 15 is 0 Å². The van der Waals surface area contributed by atoms with Crippen molar-refractivity contribution in [1.82, 2.24) is 0 Å². The predicted molar refractivity (Wildman–Crippen MR) is 62.7 cm³/mol. The van der Waals surface area contributed by atoms with Crippen LogP contribution in [-0.4, -0.2) is 25.9 Å². The molecule has 0 fully saturated rings. The SMILES string of the molecule is COc1cc(Br)c(OC)c(C(C)CO)c1. The van der Waals surface area contributed by atoms with E-state index < -0.39 is 0 Å². The van der Waals surface area contributed by atoms with Crippen molar-refractivity contribution in [3.05, 3.63) is 22.2 Å². The Kier molecular flexibility index (Phi) is 4.42. The summed E-state index contributed by atoms with van der Waals surface area (Å²) in [6.45, 7) is 2.01. The van der Waals surface area contributed by atoms with Crippen molar-refractivity contribution >= 4 is 15.9 Å². The number of aliphatic hydroxyl groups is 1. The summed E-state index contributed by atoms with van der Waals surface area (Å²) in [7, 11) is 3.22. The molecule has 0 aliphatic carbocycles. The second kappa shape index (κ2) is 5.37. The number of ether oxygens (including phenoxy) is 2. The molecule has 15 heavy (non-hydrogen) atoms. The summed E-state index contributed by atoms with van der Waals surface area (Å²) in [5, 5.41) is 9.15. The average Bonchev–Trinajstić information content (AvgIpc) is 2.26. The van der Waals surface area contributed by atoms with Gasteiger partial charge in [-0.05, 0) is 28.1 Å². The van der Waals surface area contributed by atoms with Crippen LogP contribution in [0.1, 0.15) is 18.4 Å². The number of methoxy groups -OCH3 is 2. The number of benzene rings is 1. The van der Waals surface area contributed by atoms with E-state index in [1.54, 1.807) is 14.2 Å². The fourth-order valence-electron chi connectivity index (χ4n) is 1.39. The Labute approximate surface area is 98.1 Å². The van der Waals surface area contributed by atoms with Gasteiger partial charge in [-0.25, -0.2) is 0 Å². The van der Waals surface area contributed by atoms with Gasteiger partial charge in [0.25, 0.3) is 0 Å². The minimum Gasteiger partial charge on any atom is -0.497 e. The molecule has 0 aliphatic rings. The third-order valence-electron chi connectivity index (χ3n) is 2.29. The van der Waals surface area contributed by atoms with E-state index in [9.17, 15) is 0 Å². The molecule has 0 saturated heterocycles. The summed E-state index contributed by atoms with van der Waals surface area (Å²) in [6, 6.07) is 3.72. The van der Waals surface area contributed by atoms with Crippen LogP contribution in [0, 0.1) is 0 Å². The molecule has 1 N–H and O–H groups in total. The largest absolute Gasteiger partial charge is 0.497 e. The third kappa shape index (κ3) is 2.63. The Morgan fingerprint density at radius 1 is 1.33 bits per heavy atom. The third-order valence-corrected chi connectivity index (χ3v) is 2.88. The Hall–Kier alpha value is -0.740. The zero-order chi connectivity index (χ0) is 11.4. The van der Waals surface area contributed by atoms with E-state index in [4.69, 9.17) is 14.6 Å². The summed E-state index contributed by atoms with van der Waals surface area (Å²) in [5.41, 5.74) is 0.936. The minimum atomic E-state index is 0.0198. The van der Waals surface area contributed by atoms with Gasteiger partial charge in [0.2, 0.25) is 0 Å². The number of hydrogen-bond acceptors (Lipinski definition) is 3. The van der Waals surface area contributed by atoms with Gasteiger partial charge >= 0.3 is 0 Å². The molecule has 1 aromatic carbocycles. The van der Waals surface area contributed by atoms with Crippen LogP contribution in [0.4, 0.5) is 0 Å². The molecule has 1 atom stereocenters. The lowest BCUT2D eigenvalue weighted by Crippen LogP contribution is -2.03. The van der Waals surface area contributed by atoms with Crippen LogP contribution >= 0.6 is 15.9 Å². The fourth-order valence-corrected chi connectivity index (χ4v) is 2.00. The number of hydrogen-bond donors (Lipinski definition) is 1. The maximum atomic E-state index is 9.15. The van der Waals surface area contributed by atoms with E-state index in [2.05, 4.69) is 15.9 Å². The highest BCUT2D eigenvalue weighted by Gasteiger charge is 2.15. The van der Waals surface area contributed by atoms with Gasteiger partial charge in [-0.3, -0.25) is 0 Å². The quantitative estimate of drug-likeness (QED) is 0.917. The maximum absolute atomic E-state index is 9.15. The van der Waals surface area contributed by atoms with Crippen LogP contribution in [-0.2, 0) is 0 Å². The van der Waals surface area contributed by atoms with E-state index in [0.717, 1.165) is 21.5 Å². The zero-order valence-electron chi connectivity index (χ0n) is 9.08. The van der Waals surface area contributed by atoms with Crippen LogP contribution in [0.25, 0.3) is 0 Å². The van der Waals surface area contributed by atoms with Gasteiger partial charge in [-0.1, -0.05) is 6.92 Å². The molecule has 84 valence electrons. The zero-order valence-corrected chi connectivity index (χ0v) is 10.7. The van der Waals surface area contributed by atoms with Gasteiger partial charge < -0.3 is 14.6 Å². The first kappa shape index (κ1) is 12.3. The van der Waals surface area contributed by atoms with Gasteiger partial charge in [0.1, 0.15) is 11.5 Å². The van der Waals surface area contributed by atoms with Gasteiger partial charge in [0, 0.05) is 18.1 Å². The molecule has 1 aromatic rings. The second-order valence-electron chi connectivity index (χ2n) is 3.32. The molecule has 0 saturated carbocycles. The van der Waals surface area contributed by atoms with Crippen molar-refractivity contribution in [2.75, 3.05) is 20.8 Å². The van der Waals surface area contributed by atoms with Crippen molar-refractivity contribution < 1.29 is 14.6 Å². The van der Waals surface area contributed by atoms with Gasteiger partial charge in [-0.2, -0.15) is 0 Å². The molecule has 0 heterocycles. The van der Waals surface area contributed by atoms with Gasteiger partial charge in [0.15, 0.2) is 0 Å². The highest BCUT2D eigenvalue weighted by atomic mass is 79.9. The van der Waals surface area contributed by atoms with Crippen LogP contribution in [0.3, 0.4) is 0 Å². The predicted octanol–water partition coefficient (Wildman–Crippen LogP) is 2.56. The van der Waals surface area contributed by atoms with Crippen LogP contribution in [0.5, 0.6) is 11.5 Å². The first-order valence-electron chi connectivity index (χ1n) is 4.66. The highest BCUT2D eigenvalue weighted by Crippen LogP contribution is 2.37. The number of aliphatic hydroxyl groups excluding tert-OH is 1. The smallest absolute Gasteiger partial charge is 0.136 e. The normalized spacial score (nSPS) is 12.3. The molecule has 4 heteroatoms. The van der Waals surface area contributed by atoms with Crippen molar-refractivity contribution in [2.45, 2.75) is 12.8 Å². The van der Waals surface area contributed by atoms with E-state index in [1.807, 2.05) is 19.1 Å². The van der Waals surface area contributed by atoms with E-state index in [1.165, 1.54) is 0 Å². The molecule has 0 aliphatic heterocycles. The summed E-state index contributed by atoms with van der Waals surface area (Å²) in [5.74, 6) is 1.52. The molecule has 3 nitrogen and oxygen atoms in total. The lowest BCUT2D eigenvalue weighted by molar-refractivity contribution is 0.269. The molecule has 1 rings (SSSR count). The average molecular weight is 275 g/mol. The molecular formula is C11H15BrO3. The molecule has 1 unspecified atom stereocenters. The summed E-state index contributed by atoms with van der Waals surface area (Å²) in [6.07, 6.45) is 0. The molecule has 0 spiro atoms. The van der Waals surface area contributed by atoms with Crippen molar-refractivity contribution in [1.29, 1.82) is 0 Å². The summed E-state index contributed by atoms with van der Waals surface area (Å²) < 4.78 is 11.3. The topological polar surface area (TPSA) is 38.7 Å². The van der Waals surface area contributed by atoms with Crippen molar-refractivity contribution in [3.63, 3.8) is 0 Å². The fraction of sp³-hybridized carbons (Fsp3) is 0.455. The van der Waals surface area contributed by atoms with Crippen LogP contribution < -0.4 is 9.47 Å². The standard InChI is InChI=1S/C11H15BrO3/c1-7(6-13)9-4-8(14-2)5-10(12)11(9)15-3/h4-5,7,13H,6H2,1-3H3. The van der Waals surface area contributed by atoms with Crippen LogP contribution in [0.2, 0.25) is 0 Å². The Bertz CT molecular complexity index is 339. The first-order chi connectivity index (χ1) is 7.13. The lowest BCUT2D eigenvalue weighted by atomic mass is 10.0. The Morgan fingerprint density at radius 3 is 2.47 bits per heavy atom. The van der Waals surface area contributed by atoms with Gasteiger partial charge in [0.05, 0.1) is 18.7 Å². The molecule has 0 aromatic heterocycles. The van der Waals surface area contributed by atoms with E-state index in [-0.39, 0.29) is 12.5 Å². The van der Waals surface area contributed by atoms with Crippen LogP contribution in [0.15, 0.2) is 16.6 Å². The Morgan fingerprint density at radius 2 is 2.00 bits per heavy atom. The summed E-state index contributed by atoms with van der Waals surface area (Å²) >= 11 is 3.41. The van der Waals surface area contributed by atoms with Gasteiger partial charge in [-0.15, -0.1) is 0 Å². The molecule has 0 amide bonds. The number of rotatable bonds is 4. The molecule has 0 bridgehead atoms. The minimum absolute atomic E-state index is 0.0198. The summed E-state index contributed by atoms with van der Waals surface area (Å²) in [4.78, 5) is 0. The van der Waals surface area contributed by atoms with E-state index in [0.29, 0.717) is 0 Å². The highest BCUT2D eigenvalue weighted by molar-refractivity contribution is 9.10. The van der Waals surface area contributed by atoms with Crippen molar-refractivity contribution in [2.24, 2.45) is 0 Å². The maximum Gasteiger partial charge on any atom is 0.136 e. The second-order valence-corrected chi connectivity index (χ2v) is 4.17. The number of halogens is 1.